The van der Waals surface area contributed by atoms with Gasteiger partial charge in [0.1, 0.15) is 0 Å². The Morgan fingerprint density at radius 1 is 0.920 bits per heavy atom. The normalized spacial score (nSPS) is 23.6. The maximum absolute atomic E-state index is 12.8. The van der Waals surface area contributed by atoms with E-state index >= 15 is 0 Å². The molecule has 1 aromatic carbocycles. The van der Waals surface area contributed by atoms with Crippen LogP contribution in [0.1, 0.15) is 38.5 Å². The SMILES string of the molecule is O=C(Nc1ccccc1N1CCCC1)C1CCCN(C(=O)C2CC2)C1. The van der Waals surface area contributed by atoms with E-state index in [-0.39, 0.29) is 23.7 Å². The van der Waals surface area contributed by atoms with E-state index in [4.69, 9.17) is 0 Å². The Balaban J connectivity index is 1.42. The van der Waals surface area contributed by atoms with Crippen LogP contribution in [0, 0.1) is 11.8 Å². The number of para-hydroxylation sites is 2. The lowest BCUT2D eigenvalue weighted by Gasteiger charge is -2.32. The van der Waals surface area contributed by atoms with Crippen LogP contribution in [-0.2, 0) is 9.59 Å². The van der Waals surface area contributed by atoms with Gasteiger partial charge in [-0.15, -0.1) is 0 Å². The molecule has 2 heterocycles. The van der Waals surface area contributed by atoms with Crippen LogP contribution in [0.15, 0.2) is 24.3 Å². The van der Waals surface area contributed by atoms with Gasteiger partial charge in [0, 0.05) is 32.1 Å². The summed E-state index contributed by atoms with van der Waals surface area (Å²) in [4.78, 5) is 29.4. The molecule has 1 saturated carbocycles. The first-order valence-electron chi connectivity index (χ1n) is 9.66. The number of carbonyl (C=O) groups is 2. The summed E-state index contributed by atoms with van der Waals surface area (Å²) < 4.78 is 0. The summed E-state index contributed by atoms with van der Waals surface area (Å²) in [6.07, 6.45) is 6.26. The maximum atomic E-state index is 12.8. The molecule has 3 aliphatic rings. The second-order valence-electron chi connectivity index (χ2n) is 7.60. The minimum atomic E-state index is -0.0944. The molecule has 2 aliphatic heterocycles. The van der Waals surface area contributed by atoms with Crippen LogP contribution in [0.25, 0.3) is 0 Å². The van der Waals surface area contributed by atoms with Gasteiger partial charge in [-0.25, -0.2) is 0 Å². The van der Waals surface area contributed by atoms with Crippen LogP contribution in [0.5, 0.6) is 0 Å². The van der Waals surface area contributed by atoms with Crippen LogP contribution in [0.3, 0.4) is 0 Å². The predicted molar refractivity (Wildman–Crippen MR) is 98.5 cm³/mol. The summed E-state index contributed by atoms with van der Waals surface area (Å²) in [5.41, 5.74) is 2.02. The van der Waals surface area contributed by atoms with Gasteiger partial charge in [0.15, 0.2) is 0 Å². The van der Waals surface area contributed by atoms with E-state index in [1.54, 1.807) is 0 Å². The lowest BCUT2D eigenvalue weighted by atomic mass is 9.96. The zero-order valence-corrected chi connectivity index (χ0v) is 14.7. The van der Waals surface area contributed by atoms with Crippen molar-refractivity contribution in [2.24, 2.45) is 11.8 Å². The van der Waals surface area contributed by atoms with E-state index in [0.717, 1.165) is 56.7 Å². The molecule has 4 rings (SSSR count). The number of piperidine rings is 1. The Hall–Kier alpha value is -2.04. The molecule has 1 atom stereocenters. The maximum Gasteiger partial charge on any atom is 0.229 e. The Morgan fingerprint density at radius 2 is 1.68 bits per heavy atom. The number of amides is 2. The Labute approximate surface area is 149 Å². The van der Waals surface area contributed by atoms with Crippen molar-refractivity contribution < 1.29 is 9.59 Å². The van der Waals surface area contributed by atoms with Gasteiger partial charge in [-0.05, 0) is 50.7 Å². The lowest BCUT2D eigenvalue weighted by molar-refractivity contribution is -0.135. The van der Waals surface area contributed by atoms with Gasteiger partial charge < -0.3 is 15.1 Å². The molecule has 134 valence electrons. The number of likely N-dealkylation sites (tertiary alicyclic amines) is 1. The number of nitrogens with zero attached hydrogens (tertiary/aromatic N) is 2. The zero-order chi connectivity index (χ0) is 17.2. The smallest absolute Gasteiger partial charge is 0.229 e. The summed E-state index contributed by atoms with van der Waals surface area (Å²) in [6.45, 7) is 3.50. The molecule has 5 heteroatoms. The van der Waals surface area contributed by atoms with Crippen molar-refractivity contribution in [3.8, 4) is 0 Å². The average molecular weight is 341 g/mol. The molecular formula is C20H27N3O2. The van der Waals surface area contributed by atoms with Crippen molar-refractivity contribution in [3.63, 3.8) is 0 Å². The first-order chi connectivity index (χ1) is 12.2. The highest BCUT2D eigenvalue weighted by atomic mass is 16.2. The summed E-state index contributed by atoms with van der Waals surface area (Å²) in [5.74, 6) is 0.454. The molecule has 2 saturated heterocycles. The minimum Gasteiger partial charge on any atom is -0.370 e. The number of benzene rings is 1. The van der Waals surface area contributed by atoms with Gasteiger partial charge in [-0.2, -0.15) is 0 Å². The molecule has 1 unspecified atom stereocenters. The summed E-state index contributed by atoms with van der Waals surface area (Å²) in [5, 5.41) is 3.14. The van der Waals surface area contributed by atoms with E-state index in [0.29, 0.717) is 6.54 Å². The Kier molecular flexibility index (Phi) is 4.64. The first-order valence-corrected chi connectivity index (χ1v) is 9.66. The molecule has 3 fully saturated rings. The Bertz CT molecular complexity index is 650. The highest BCUT2D eigenvalue weighted by molar-refractivity contribution is 5.96. The Morgan fingerprint density at radius 3 is 2.44 bits per heavy atom. The van der Waals surface area contributed by atoms with Crippen LogP contribution >= 0.6 is 0 Å². The van der Waals surface area contributed by atoms with Crippen molar-refractivity contribution in [1.82, 2.24) is 4.90 Å². The predicted octanol–water partition coefficient (Wildman–Crippen LogP) is 2.87. The van der Waals surface area contributed by atoms with Gasteiger partial charge in [0.05, 0.1) is 17.3 Å². The van der Waals surface area contributed by atoms with E-state index < -0.39 is 0 Å². The quantitative estimate of drug-likeness (QED) is 0.916. The van der Waals surface area contributed by atoms with Gasteiger partial charge in [0.2, 0.25) is 11.8 Å². The average Bonchev–Trinajstić information content (AvgIpc) is 3.36. The fourth-order valence-corrected chi connectivity index (χ4v) is 4.03. The third-order valence-electron chi connectivity index (χ3n) is 5.64. The first kappa shape index (κ1) is 16.4. The van der Waals surface area contributed by atoms with Crippen molar-refractivity contribution >= 4 is 23.2 Å². The molecule has 0 spiro atoms. The van der Waals surface area contributed by atoms with E-state index in [1.807, 2.05) is 23.1 Å². The van der Waals surface area contributed by atoms with E-state index in [1.165, 1.54) is 12.8 Å². The third kappa shape index (κ3) is 3.65. The fraction of sp³-hybridized carbons (Fsp3) is 0.600. The van der Waals surface area contributed by atoms with Crippen LogP contribution in [0.4, 0.5) is 11.4 Å². The molecule has 2 amide bonds. The molecule has 0 aromatic heterocycles. The monoisotopic (exact) mass is 341 g/mol. The molecule has 1 aromatic rings. The standard InChI is InChI=1S/C20H27N3O2/c24-19(16-6-5-13-23(14-16)20(25)15-9-10-15)21-17-7-1-2-8-18(17)22-11-3-4-12-22/h1-2,7-8,15-16H,3-6,9-14H2,(H,21,24). The molecule has 0 radical (unpaired) electrons. The molecule has 5 nitrogen and oxygen atoms in total. The zero-order valence-electron chi connectivity index (χ0n) is 14.7. The second-order valence-corrected chi connectivity index (χ2v) is 7.60. The summed E-state index contributed by atoms with van der Waals surface area (Å²) in [7, 11) is 0. The van der Waals surface area contributed by atoms with E-state index in [2.05, 4.69) is 16.3 Å². The molecule has 1 N–H and O–H groups in total. The number of carbonyl (C=O) groups excluding carboxylic acids is 2. The van der Waals surface area contributed by atoms with Crippen molar-refractivity contribution in [2.75, 3.05) is 36.4 Å². The number of rotatable bonds is 4. The van der Waals surface area contributed by atoms with Crippen LogP contribution in [-0.4, -0.2) is 42.9 Å². The largest absolute Gasteiger partial charge is 0.370 e. The van der Waals surface area contributed by atoms with Crippen molar-refractivity contribution in [2.45, 2.75) is 38.5 Å². The van der Waals surface area contributed by atoms with E-state index in [9.17, 15) is 9.59 Å². The highest BCUT2D eigenvalue weighted by Crippen LogP contribution is 2.33. The topological polar surface area (TPSA) is 52.7 Å². The molecule has 0 bridgehead atoms. The molecule has 25 heavy (non-hydrogen) atoms. The van der Waals surface area contributed by atoms with Gasteiger partial charge in [-0.1, -0.05) is 12.1 Å². The molecule has 1 aliphatic carbocycles. The lowest BCUT2D eigenvalue weighted by Crippen LogP contribution is -2.44. The minimum absolute atomic E-state index is 0.0555. The summed E-state index contributed by atoms with van der Waals surface area (Å²) >= 11 is 0. The molecular weight excluding hydrogens is 314 g/mol. The fourth-order valence-electron chi connectivity index (χ4n) is 4.03. The van der Waals surface area contributed by atoms with Crippen molar-refractivity contribution in [3.05, 3.63) is 24.3 Å². The third-order valence-corrected chi connectivity index (χ3v) is 5.64. The van der Waals surface area contributed by atoms with Gasteiger partial charge in [0.25, 0.3) is 0 Å². The highest BCUT2D eigenvalue weighted by Gasteiger charge is 2.36. The second kappa shape index (κ2) is 7.06. The van der Waals surface area contributed by atoms with Gasteiger partial charge >= 0.3 is 0 Å². The van der Waals surface area contributed by atoms with Crippen LogP contribution < -0.4 is 10.2 Å². The number of hydrogen-bond donors (Lipinski definition) is 1. The van der Waals surface area contributed by atoms with Gasteiger partial charge in [-0.3, -0.25) is 9.59 Å². The number of nitrogens with one attached hydrogen (secondary N) is 1. The van der Waals surface area contributed by atoms with Crippen LogP contribution in [0.2, 0.25) is 0 Å². The number of hydrogen-bond acceptors (Lipinski definition) is 3. The number of anilines is 2. The summed E-state index contributed by atoms with van der Waals surface area (Å²) in [6, 6.07) is 8.07. The van der Waals surface area contributed by atoms with Crippen molar-refractivity contribution in [1.29, 1.82) is 0 Å².